The highest BCUT2D eigenvalue weighted by Crippen LogP contribution is 2.37. The van der Waals surface area contributed by atoms with Gasteiger partial charge in [-0.1, -0.05) is 193 Å². The van der Waals surface area contributed by atoms with Gasteiger partial charge >= 0.3 is 0 Å². The van der Waals surface area contributed by atoms with Crippen molar-refractivity contribution in [3.63, 3.8) is 0 Å². The molecule has 5 aliphatic heterocycles. The Morgan fingerprint density at radius 2 is 0.808 bits per heavy atom. The van der Waals surface area contributed by atoms with Gasteiger partial charge in [-0.25, -0.2) is 0 Å². The minimum atomic E-state index is -2.18. The number of nitrogens with one attached hydrogen (secondary N) is 2. The summed E-state index contributed by atoms with van der Waals surface area (Å²) < 4.78 is 59.8. The number of hydrogen-bond acceptors (Lipinski definition) is 27. The largest absolute Gasteiger partial charge is 0.394 e. The third-order valence-corrected chi connectivity index (χ3v) is 19.7. The summed E-state index contributed by atoms with van der Waals surface area (Å²) in [5.41, 5.74) is 0. The second-order valence-electron chi connectivity index (χ2n) is 27.8. The first-order chi connectivity index (χ1) is 47.7. The predicted octanol–water partition coefficient (Wildman–Crippen LogP) is 1.42. The fraction of sp³-hybridized carbons (Fsp3) is 0.943. The molecule has 0 bridgehead atoms. The predicted molar refractivity (Wildman–Crippen MR) is 357 cm³/mol. The van der Waals surface area contributed by atoms with Gasteiger partial charge in [-0.3, -0.25) is 9.59 Å². The molecule has 10 unspecified atom stereocenters. The van der Waals surface area contributed by atoms with Crippen molar-refractivity contribution in [1.82, 2.24) is 10.6 Å². The summed E-state index contributed by atoms with van der Waals surface area (Å²) in [5.74, 6) is -1.17. The molecule has 17 N–H and O–H groups in total. The third-order valence-electron chi connectivity index (χ3n) is 19.7. The van der Waals surface area contributed by atoms with E-state index < -0.39 is 205 Å². The molecule has 0 radical (unpaired) electrons. The lowest BCUT2D eigenvalue weighted by molar-refractivity contribution is -0.392. The molecule has 0 aromatic rings. The van der Waals surface area contributed by atoms with Crippen LogP contribution in [-0.2, 0) is 57.0 Å². The first-order valence-electron chi connectivity index (χ1n) is 37.3. The first-order valence-corrected chi connectivity index (χ1v) is 37.3. The van der Waals surface area contributed by atoms with Gasteiger partial charge in [0, 0.05) is 13.3 Å². The van der Waals surface area contributed by atoms with Crippen LogP contribution in [0.1, 0.15) is 220 Å². The first kappa shape index (κ1) is 87.3. The Labute approximate surface area is 585 Å². The topological polar surface area (TPSA) is 454 Å². The number of aliphatic hydroxyl groups excluding tert-OH is 15. The van der Waals surface area contributed by atoms with Crippen molar-refractivity contribution in [1.29, 1.82) is 0 Å². The number of carbonyl (C=O) groups excluding carboxylic acids is 2. The number of unbranched alkanes of at least 4 members (excludes halogenated alkanes) is 27. The van der Waals surface area contributed by atoms with Crippen LogP contribution in [0.5, 0.6) is 0 Å². The maximum Gasteiger partial charge on any atom is 0.220 e. The van der Waals surface area contributed by atoms with Crippen LogP contribution in [0.15, 0.2) is 12.2 Å². The summed E-state index contributed by atoms with van der Waals surface area (Å²) in [6.45, 7) is 2.58. The summed E-state index contributed by atoms with van der Waals surface area (Å²) in [7, 11) is 0. The lowest BCUT2D eigenvalue weighted by Gasteiger charge is -2.51. The number of amides is 2. The van der Waals surface area contributed by atoms with Crippen LogP contribution >= 0.6 is 0 Å². The number of ether oxygens (including phenoxy) is 10. The van der Waals surface area contributed by atoms with Crippen LogP contribution in [0.3, 0.4) is 0 Å². The average molecular weight is 1430 g/mol. The number of hydrogen-bond donors (Lipinski definition) is 17. The van der Waals surface area contributed by atoms with E-state index in [0.717, 1.165) is 58.3 Å². The quantitative estimate of drug-likeness (QED) is 0.0302. The van der Waals surface area contributed by atoms with Crippen molar-refractivity contribution in [3.8, 4) is 0 Å². The maximum atomic E-state index is 13.5. The Morgan fingerprint density at radius 3 is 1.31 bits per heavy atom. The van der Waals surface area contributed by atoms with Gasteiger partial charge in [-0.15, -0.1) is 0 Å². The molecule has 5 heterocycles. The average Bonchev–Trinajstić information content (AvgIpc) is 0.765. The molecule has 0 aliphatic carbocycles. The van der Waals surface area contributed by atoms with E-state index in [4.69, 9.17) is 47.4 Å². The Balaban J connectivity index is 1.25. The minimum absolute atomic E-state index is 0.191. The monoisotopic (exact) mass is 1430 g/mol. The van der Waals surface area contributed by atoms with Crippen LogP contribution in [0.4, 0.5) is 0 Å². The Morgan fingerprint density at radius 1 is 0.414 bits per heavy atom. The number of carbonyl (C=O) groups is 2. The number of allylic oxidation sites excluding steroid dienone is 1. The molecule has 0 aromatic carbocycles. The summed E-state index contributed by atoms with van der Waals surface area (Å²) in [6.07, 6.45) is -7.97. The van der Waals surface area contributed by atoms with E-state index in [-0.39, 0.29) is 12.3 Å². The standard InChI is InChI=1S/C70H128N2O27/c1-5-7-9-11-13-15-17-19-20-21-22-24-26-28-30-32-34-36-50(79)72-44(45(78)35-33-31-29-27-25-23-18-16-14-12-10-8-6-2)41-90-67-60(88)57(85)62(48(39-75)95-67)96-70-61(89)65(54(82)47(38-74)93-70)99-66-51(71-43(4)77)64(98-68-58(86)55(83)52(80)42(3)91-68)63(49(40-76)94-66)97-69-59(87)56(84)53(81)46(37-73)92-69/h33,35,42,44-49,51-70,73-76,78,80-89H,5-32,34,36-41H2,1-4H3,(H,71,77)(H,72,79)/b35-33+/t42?,44-,45+,46?,47?,48?,49?,51?,52+,53-,54-,55?,56-,57+,58-,59?,60?,61?,62+,63+,64+,65-,66-,67+,68+,69-,70-/m0/s1. The van der Waals surface area contributed by atoms with E-state index >= 15 is 0 Å². The van der Waals surface area contributed by atoms with Gasteiger partial charge in [0.05, 0.1) is 51.3 Å². The molecule has 5 fully saturated rings. The molecule has 2 amide bonds. The van der Waals surface area contributed by atoms with Crippen LogP contribution in [0, 0.1) is 0 Å². The molecule has 5 saturated heterocycles. The Kier molecular flexibility index (Phi) is 42.3. The van der Waals surface area contributed by atoms with Crippen molar-refractivity contribution >= 4 is 11.8 Å². The molecule has 5 rings (SSSR count). The Hall–Kier alpha value is -2.32. The molecule has 27 atom stereocenters. The normalized spacial score (nSPS) is 35.9. The highest BCUT2D eigenvalue weighted by Gasteiger charge is 2.58. The molecule has 0 aromatic heterocycles. The van der Waals surface area contributed by atoms with Gasteiger partial charge in [-0.2, -0.15) is 0 Å². The SMILES string of the molecule is CCCCCCCCCCCCC/C=C/[C@@H](O)[C@H](CO[C@@H]1OC(CO)[C@@H](O[C@@H]2OC(CO)[C@H](O)[C@H](O[C@@H]3OC(CO)[C@@H](O[C@@H]4OC(CO)[C@H](O)[C@H](O)C4O)[C@H](O[C@H]4OC(C)[C@@H](O)C(O)[C@@H]4O)C3NC(C)=O)C2O)[C@H](O)C1O)NC(=O)CCCCCCCCCCCCCCCCCCC. The minimum Gasteiger partial charge on any atom is -0.394 e. The number of rotatable bonds is 49. The zero-order valence-corrected chi connectivity index (χ0v) is 59.1. The molecule has 0 spiro atoms. The summed E-state index contributed by atoms with van der Waals surface area (Å²) in [4.78, 5) is 26.7. The number of aliphatic hydroxyl groups is 15. The van der Waals surface area contributed by atoms with Crippen molar-refractivity contribution in [2.24, 2.45) is 0 Å². The van der Waals surface area contributed by atoms with E-state index in [2.05, 4.69) is 24.5 Å². The van der Waals surface area contributed by atoms with Crippen LogP contribution < -0.4 is 10.6 Å². The lowest BCUT2D eigenvalue weighted by atomic mass is 9.93. The zero-order chi connectivity index (χ0) is 72.4. The third kappa shape index (κ3) is 28.2. The molecule has 29 heteroatoms. The van der Waals surface area contributed by atoms with E-state index in [1.54, 1.807) is 6.08 Å². The van der Waals surface area contributed by atoms with E-state index in [1.165, 1.54) is 129 Å². The molecule has 580 valence electrons. The highest BCUT2D eigenvalue weighted by molar-refractivity contribution is 5.76. The lowest BCUT2D eigenvalue weighted by Crippen LogP contribution is -2.71. The molecule has 29 nitrogen and oxygen atoms in total. The summed E-state index contributed by atoms with van der Waals surface area (Å²) in [6, 6.07) is -2.83. The van der Waals surface area contributed by atoms with Gasteiger partial charge in [0.1, 0.15) is 116 Å². The maximum absolute atomic E-state index is 13.5. The fourth-order valence-electron chi connectivity index (χ4n) is 13.5. The Bertz CT molecular complexity index is 2160. The van der Waals surface area contributed by atoms with E-state index in [0.29, 0.717) is 12.8 Å². The second-order valence-corrected chi connectivity index (χ2v) is 27.8. The zero-order valence-electron chi connectivity index (χ0n) is 59.1. The molecule has 0 saturated carbocycles. The molecule has 99 heavy (non-hydrogen) atoms. The summed E-state index contributed by atoms with van der Waals surface area (Å²) >= 11 is 0. The molecule has 5 aliphatic rings. The van der Waals surface area contributed by atoms with E-state index in [1.807, 2.05) is 6.08 Å². The fourth-order valence-corrected chi connectivity index (χ4v) is 13.5. The van der Waals surface area contributed by atoms with Gasteiger partial charge in [-0.05, 0) is 26.2 Å². The van der Waals surface area contributed by atoms with Crippen LogP contribution in [0.25, 0.3) is 0 Å². The second kappa shape index (κ2) is 48.0. The van der Waals surface area contributed by atoms with Gasteiger partial charge in [0.2, 0.25) is 11.8 Å². The highest BCUT2D eigenvalue weighted by atomic mass is 16.8. The molecular weight excluding hydrogens is 1300 g/mol. The van der Waals surface area contributed by atoms with Crippen molar-refractivity contribution in [2.45, 2.75) is 386 Å². The molecular formula is C70H128N2O27. The van der Waals surface area contributed by atoms with Crippen LogP contribution in [0.2, 0.25) is 0 Å². The van der Waals surface area contributed by atoms with Crippen molar-refractivity contribution in [2.75, 3.05) is 33.0 Å². The van der Waals surface area contributed by atoms with Crippen molar-refractivity contribution in [3.05, 3.63) is 12.2 Å². The van der Waals surface area contributed by atoms with Crippen molar-refractivity contribution < 1.29 is 134 Å². The smallest absolute Gasteiger partial charge is 0.220 e. The van der Waals surface area contributed by atoms with Gasteiger partial charge in [0.25, 0.3) is 0 Å². The van der Waals surface area contributed by atoms with E-state index in [9.17, 15) is 86.2 Å². The van der Waals surface area contributed by atoms with Crippen LogP contribution in [-0.4, -0.2) is 287 Å². The van der Waals surface area contributed by atoms with Gasteiger partial charge in [0.15, 0.2) is 31.5 Å². The summed E-state index contributed by atoms with van der Waals surface area (Å²) in [5, 5.41) is 171. The van der Waals surface area contributed by atoms with Gasteiger partial charge < -0.3 is 135 Å².